The molecule has 1 aromatic carbocycles. The lowest BCUT2D eigenvalue weighted by Crippen LogP contribution is -2.11. The van der Waals surface area contributed by atoms with Crippen molar-refractivity contribution in [2.45, 2.75) is 32.6 Å². The molecule has 0 spiro atoms. The summed E-state index contributed by atoms with van der Waals surface area (Å²) in [6.07, 6.45) is 2.27. The van der Waals surface area contributed by atoms with Crippen LogP contribution >= 0.6 is 15.9 Å². The summed E-state index contributed by atoms with van der Waals surface area (Å²) in [7, 11) is 0. The van der Waals surface area contributed by atoms with Crippen LogP contribution in [-0.4, -0.2) is 27.9 Å². The van der Waals surface area contributed by atoms with Gasteiger partial charge in [0.15, 0.2) is 0 Å². The minimum Gasteiger partial charge on any atom is -0.491 e. The predicted molar refractivity (Wildman–Crippen MR) is 103 cm³/mol. The van der Waals surface area contributed by atoms with Crippen molar-refractivity contribution in [2.75, 3.05) is 13.2 Å². The second kappa shape index (κ2) is 6.89. The largest absolute Gasteiger partial charge is 0.491 e. The lowest BCUT2D eigenvalue weighted by Gasteiger charge is -2.13. The molecule has 4 rings (SSSR count). The molecule has 0 amide bonds. The van der Waals surface area contributed by atoms with Gasteiger partial charge >= 0.3 is 0 Å². The Morgan fingerprint density at radius 3 is 2.77 bits per heavy atom. The fraction of sp³-hybridized carbons (Fsp3) is 0.368. The highest BCUT2D eigenvalue weighted by Crippen LogP contribution is 2.41. The summed E-state index contributed by atoms with van der Waals surface area (Å²) in [5.74, 6) is 2.53. The molecule has 1 aliphatic carbocycles. The SMILES string of the molecule is Cc1cc(C)n(-c2ccc(OCCN)c(Br)c2)c1-c1nnc(C2CC2)o1. The van der Waals surface area contributed by atoms with Gasteiger partial charge in [-0.3, -0.25) is 0 Å². The molecule has 2 aromatic heterocycles. The molecule has 136 valence electrons. The molecule has 2 heterocycles. The van der Waals surface area contributed by atoms with Gasteiger partial charge in [-0.25, -0.2) is 0 Å². The maximum Gasteiger partial charge on any atom is 0.264 e. The van der Waals surface area contributed by atoms with Gasteiger partial charge in [0.25, 0.3) is 5.89 Å². The highest BCUT2D eigenvalue weighted by Gasteiger charge is 2.30. The lowest BCUT2D eigenvalue weighted by atomic mass is 10.2. The quantitative estimate of drug-likeness (QED) is 0.653. The van der Waals surface area contributed by atoms with Gasteiger partial charge in [0.2, 0.25) is 5.89 Å². The Hall–Kier alpha value is -2.12. The van der Waals surface area contributed by atoms with E-state index in [-0.39, 0.29) is 0 Å². The topological polar surface area (TPSA) is 79.1 Å². The van der Waals surface area contributed by atoms with Crippen LogP contribution < -0.4 is 10.5 Å². The standard InChI is InChI=1S/C19H21BrN4O2/c1-11-9-12(2)24(14-5-6-16(15(20)10-14)25-8-7-21)17(11)19-23-22-18(26-19)13-3-4-13/h5-6,9-10,13H,3-4,7-8,21H2,1-2H3. The van der Waals surface area contributed by atoms with Crippen LogP contribution in [0.2, 0.25) is 0 Å². The first-order valence-corrected chi connectivity index (χ1v) is 9.53. The molecule has 7 heteroatoms. The maximum atomic E-state index is 5.96. The van der Waals surface area contributed by atoms with Crippen LogP contribution in [0, 0.1) is 13.8 Å². The molecule has 0 atom stereocenters. The van der Waals surface area contributed by atoms with Crippen molar-refractivity contribution in [3.63, 3.8) is 0 Å². The van der Waals surface area contributed by atoms with Crippen molar-refractivity contribution in [3.05, 3.63) is 45.9 Å². The Bertz CT molecular complexity index is 943. The fourth-order valence-electron chi connectivity index (χ4n) is 3.14. The normalized spacial score (nSPS) is 14.0. The fourth-order valence-corrected chi connectivity index (χ4v) is 3.62. The van der Waals surface area contributed by atoms with E-state index >= 15 is 0 Å². The summed E-state index contributed by atoms with van der Waals surface area (Å²) in [5.41, 5.74) is 9.66. The third kappa shape index (κ3) is 3.17. The zero-order valence-electron chi connectivity index (χ0n) is 14.8. The first kappa shape index (κ1) is 17.3. The van der Waals surface area contributed by atoms with Crippen molar-refractivity contribution in [3.8, 4) is 23.0 Å². The van der Waals surface area contributed by atoms with E-state index in [0.717, 1.165) is 51.6 Å². The number of ether oxygens (including phenoxy) is 1. The zero-order valence-corrected chi connectivity index (χ0v) is 16.4. The molecule has 1 saturated carbocycles. The van der Waals surface area contributed by atoms with E-state index < -0.39 is 0 Å². The van der Waals surface area contributed by atoms with E-state index in [0.29, 0.717) is 25.0 Å². The molecule has 0 unspecified atom stereocenters. The molecule has 0 bridgehead atoms. The number of aromatic nitrogens is 3. The van der Waals surface area contributed by atoms with Crippen LogP contribution in [0.5, 0.6) is 5.75 Å². The van der Waals surface area contributed by atoms with Gasteiger partial charge in [-0.05, 0) is 72.4 Å². The Balaban J connectivity index is 1.75. The van der Waals surface area contributed by atoms with E-state index in [9.17, 15) is 0 Å². The van der Waals surface area contributed by atoms with Crippen molar-refractivity contribution in [1.82, 2.24) is 14.8 Å². The van der Waals surface area contributed by atoms with E-state index in [1.807, 2.05) is 18.2 Å². The minimum atomic E-state index is 0.439. The number of nitrogens with two attached hydrogens (primary N) is 1. The molecular weight excluding hydrogens is 396 g/mol. The molecule has 2 N–H and O–H groups in total. The smallest absolute Gasteiger partial charge is 0.264 e. The van der Waals surface area contributed by atoms with Crippen molar-refractivity contribution in [2.24, 2.45) is 5.73 Å². The number of hydrogen-bond acceptors (Lipinski definition) is 5. The van der Waals surface area contributed by atoms with Gasteiger partial charge in [-0.1, -0.05) is 0 Å². The summed E-state index contributed by atoms with van der Waals surface area (Å²) in [5, 5.41) is 8.53. The molecule has 1 fully saturated rings. The summed E-state index contributed by atoms with van der Waals surface area (Å²) in [4.78, 5) is 0. The van der Waals surface area contributed by atoms with E-state index in [2.05, 4.69) is 50.6 Å². The van der Waals surface area contributed by atoms with Crippen LogP contribution in [0.4, 0.5) is 0 Å². The van der Waals surface area contributed by atoms with E-state index in [4.69, 9.17) is 14.9 Å². The molecule has 6 nitrogen and oxygen atoms in total. The number of hydrogen-bond donors (Lipinski definition) is 1. The molecule has 3 aromatic rings. The minimum absolute atomic E-state index is 0.439. The van der Waals surface area contributed by atoms with Gasteiger partial charge in [-0.15, -0.1) is 10.2 Å². The first-order chi connectivity index (χ1) is 12.6. The average molecular weight is 417 g/mol. The number of aryl methyl sites for hydroxylation is 2. The number of benzene rings is 1. The second-order valence-electron chi connectivity index (χ2n) is 6.62. The number of halogens is 1. The zero-order chi connectivity index (χ0) is 18.3. The van der Waals surface area contributed by atoms with Crippen LogP contribution in [0.15, 0.2) is 33.2 Å². The first-order valence-electron chi connectivity index (χ1n) is 8.74. The Labute approximate surface area is 160 Å². The summed E-state index contributed by atoms with van der Waals surface area (Å²) in [6, 6.07) is 8.12. The van der Waals surface area contributed by atoms with Gasteiger partial charge in [-0.2, -0.15) is 0 Å². The molecule has 0 saturated heterocycles. The Morgan fingerprint density at radius 2 is 2.08 bits per heavy atom. The highest BCUT2D eigenvalue weighted by molar-refractivity contribution is 9.10. The molecule has 0 aliphatic heterocycles. The summed E-state index contributed by atoms with van der Waals surface area (Å²) >= 11 is 3.59. The average Bonchev–Trinajstić information content (AvgIpc) is 3.27. The molecule has 26 heavy (non-hydrogen) atoms. The predicted octanol–water partition coefficient (Wildman–Crippen LogP) is 4.12. The number of nitrogens with zero attached hydrogens (tertiary/aromatic N) is 3. The third-order valence-corrected chi connectivity index (χ3v) is 5.11. The monoisotopic (exact) mass is 416 g/mol. The van der Waals surface area contributed by atoms with Crippen molar-refractivity contribution < 1.29 is 9.15 Å². The number of rotatable bonds is 6. The van der Waals surface area contributed by atoms with Crippen LogP contribution in [0.1, 0.15) is 35.9 Å². The van der Waals surface area contributed by atoms with Gasteiger partial charge in [0, 0.05) is 23.8 Å². The van der Waals surface area contributed by atoms with Gasteiger partial charge < -0.3 is 19.5 Å². The van der Waals surface area contributed by atoms with Gasteiger partial charge in [0.1, 0.15) is 18.1 Å². The van der Waals surface area contributed by atoms with Crippen molar-refractivity contribution >= 4 is 15.9 Å². The molecule has 1 aliphatic rings. The van der Waals surface area contributed by atoms with E-state index in [1.54, 1.807) is 0 Å². The van der Waals surface area contributed by atoms with Crippen LogP contribution in [-0.2, 0) is 0 Å². The van der Waals surface area contributed by atoms with Gasteiger partial charge in [0.05, 0.1) is 4.47 Å². The summed E-state index contributed by atoms with van der Waals surface area (Å²) in [6.45, 7) is 5.10. The van der Waals surface area contributed by atoms with Crippen molar-refractivity contribution in [1.29, 1.82) is 0 Å². The van der Waals surface area contributed by atoms with E-state index in [1.165, 1.54) is 0 Å². The molecular formula is C19H21BrN4O2. The molecule has 0 radical (unpaired) electrons. The Morgan fingerprint density at radius 1 is 1.27 bits per heavy atom. The Kier molecular flexibility index (Phi) is 4.58. The lowest BCUT2D eigenvalue weighted by molar-refractivity contribution is 0.326. The maximum absolute atomic E-state index is 5.96. The van der Waals surface area contributed by atoms with Crippen LogP contribution in [0.3, 0.4) is 0 Å². The third-order valence-electron chi connectivity index (χ3n) is 4.49. The van der Waals surface area contributed by atoms with Crippen LogP contribution in [0.25, 0.3) is 17.3 Å². The highest BCUT2D eigenvalue weighted by atomic mass is 79.9. The summed E-state index contributed by atoms with van der Waals surface area (Å²) < 4.78 is 14.6. The second-order valence-corrected chi connectivity index (χ2v) is 7.48.